The van der Waals surface area contributed by atoms with E-state index in [1.807, 2.05) is 12.1 Å². The highest BCUT2D eigenvalue weighted by Crippen LogP contribution is 2.46. The predicted molar refractivity (Wildman–Crippen MR) is 96.4 cm³/mol. The molecule has 3 heterocycles. The summed E-state index contributed by atoms with van der Waals surface area (Å²) in [4.78, 5) is 32.4. The SMILES string of the molecule is O=C(O)CC1(N2CCC3(CCC(=O)N3Cc3ccncc3)CC2)CCC1. The quantitative estimate of drug-likeness (QED) is 0.876. The first-order valence-corrected chi connectivity index (χ1v) is 9.69. The number of likely N-dealkylation sites (tertiary alicyclic amines) is 2. The van der Waals surface area contributed by atoms with Gasteiger partial charge in [0.05, 0.1) is 6.42 Å². The van der Waals surface area contributed by atoms with E-state index >= 15 is 0 Å². The predicted octanol–water partition coefficient (Wildman–Crippen LogP) is 2.44. The van der Waals surface area contributed by atoms with Gasteiger partial charge in [0.2, 0.25) is 5.91 Å². The first kappa shape index (κ1) is 17.5. The van der Waals surface area contributed by atoms with E-state index in [0.717, 1.165) is 57.2 Å². The Balaban J connectivity index is 1.46. The van der Waals surface area contributed by atoms with Crippen LogP contribution in [0.5, 0.6) is 0 Å². The third kappa shape index (κ3) is 3.00. The molecule has 26 heavy (non-hydrogen) atoms. The zero-order chi connectivity index (χ0) is 18.2. The van der Waals surface area contributed by atoms with E-state index in [4.69, 9.17) is 0 Å². The lowest BCUT2D eigenvalue weighted by Crippen LogP contribution is -2.61. The molecule has 1 aromatic heterocycles. The number of rotatable bonds is 5. The maximum absolute atomic E-state index is 12.6. The summed E-state index contributed by atoms with van der Waals surface area (Å²) in [5, 5.41) is 9.31. The lowest BCUT2D eigenvalue weighted by molar-refractivity contribution is -0.144. The Kier molecular flexibility index (Phi) is 4.47. The molecule has 0 aromatic carbocycles. The second kappa shape index (κ2) is 6.65. The van der Waals surface area contributed by atoms with Crippen molar-refractivity contribution in [1.82, 2.24) is 14.8 Å². The molecule has 3 fully saturated rings. The van der Waals surface area contributed by atoms with Crippen LogP contribution in [0.4, 0.5) is 0 Å². The number of carbonyl (C=O) groups excluding carboxylic acids is 1. The molecule has 1 aliphatic carbocycles. The Morgan fingerprint density at radius 2 is 1.81 bits per heavy atom. The number of carboxylic acids is 1. The number of hydrogen-bond acceptors (Lipinski definition) is 4. The van der Waals surface area contributed by atoms with Gasteiger partial charge in [0.1, 0.15) is 0 Å². The normalized spacial score (nSPS) is 24.6. The number of carboxylic acid groups (broad SMARTS) is 1. The van der Waals surface area contributed by atoms with Crippen LogP contribution in [-0.4, -0.2) is 55.9 Å². The smallest absolute Gasteiger partial charge is 0.305 e. The maximum atomic E-state index is 12.6. The summed E-state index contributed by atoms with van der Waals surface area (Å²) >= 11 is 0. The first-order chi connectivity index (χ1) is 12.5. The highest BCUT2D eigenvalue weighted by Gasteiger charge is 2.51. The molecular formula is C20H27N3O3. The van der Waals surface area contributed by atoms with Crippen molar-refractivity contribution in [1.29, 1.82) is 0 Å². The number of amides is 1. The van der Waals surface area contributed by atoms with Gasteiger partial charge in [-0.1, -0.05) is 0 Å². The average molecular weight is 357 g/mol. The molecule has 0 unspecified atom stereocenters. The van der Waals surface area contributed by atoms with Crippen LogP contribution in [0, 0.1) is 0 Å². The molecular weight excluding hydrogens is 330 g/mol. The number of aliphatic carboxylic acids is 1. The zero-order valence-electron chi connectivity index (χ0n) is 15.2. The lowest BCUT2D eigenvalue weighted by atomic mass is 9.71. The van der Waals surface area contributed by atoms with Crippen molar-refractivity contribution in [3.8, 4) is 0 Å². The molecule has 2 saturated heterocycles. The Morgan fingerprint density at radius 3 is 2.38 bits per heavy atom. The van der Waals surface area contributed by atoms with Gasteiger partial charge in [0.15, 0.2) is 0 Å². The van der Waals surface area contributed by atoms with Crippen LogP contribution in [0.3, 0.4) is 0 Å². The van der Waals surface area contributed by atoms with Crippen molar-refractivity contribution in [3.63, 3.8) is 0 Å². The van der Waals surface area contributed by atoms with Crippen LogP contribution in [0.15, 0.2) is 24.5 Å². The summed E-state index contributed by atoms with van der Waals surface area (Å²) in [7, 11) is 0. The Hall–Kier alpha value is -1.95. The van der Waals surface area contributed by atoms with Gasteiger partial charge in [-0.05, 0) is 56.2 Å². The van der Waals surface area contributed by atoms with Crippen molar-refractivity contribution < 1.29 is 14.7 Å². The molecule has 1 amide bonds. The van der Waals surface area contributed by atoms with Crippen LogP contribution in [0.25, 0.3) is 0 Å². The average Bonchev–Trinajstić information content (AvgIpc) is 2.89. The molecule has 4 rings (SSSR count). The minimum Gasteiger partial charge on any atom is -0.481 e. The molecule has 2 aliphatic heterocycles. The van der Waals surface area contributed by atoms with Gasteiger partial charge in [0, 0.05) is 49.5 Å². The van der Waals surface area contributed by atoms with E-state index in [9.17, 15) is 14.7 Å². The Bertz CT molecular complexity index is 679. The molecule has 1 saturated carbocycles. The van der Waals surface area contributed by atoms with Crippen molar-refractivity contribution >= 4 is 11.9 Å². The fourth-order valence-electron chi connectivity index (χ4n) is 5.19. The van der Waals surface area contributed by atoms with Crippen molar-refractivity contribution in [3.05, 3.63) is 30.1 Å². The Labute approximate surface area is 154 Å². The minimum absolute atomic E-state index is 0.0506. The second-order valence-electron chi connectivity index (χ2n) is 8.20. The molecule has 0 atom stereocenters. The fourth-order valence-corrected chi connectivity index (χ4v) is 5.19. The van der Waals surface area contributed by atoms with E-state index < -0.39 is 5.97 Å². The number of carbonyl (C=O) groups is 2. The van der Waals surface area contributed by atoms with Gasteiger partial charge in [-0.25, -0.2) is 0 Å². The molecule has 140 valence electrons. The van der Waals surface area contributed by atoms with Gasteiger partial charge < -0.3 is 10.0 Å². The summed E-state index contributed by atoms with van der Waals surface area (Å²) in [5.41, 5.74) is 0.940. The van der Waals surface area contributed by atoms with Gasteiger partial charge in [-0.3, -0.25) is 19.5 Å². The second-order valence-corrected chi connectivity index (χ2v) is 8.20. The van der Waals surface area contributed by atoms with Crippen molar-refractivity contribution in [2.45, 2.75) is 69.0 Å². The number of pyridine rings is 1. The lowest BCUT2D eigenvalue weighted by Gasteiger charge is -2.55. The first-order valence-electron chi connectivity index (χ1n) is 9.69. The van der Waals surface area contributed by atoms with Crippen LogP contribution < -0.4 is 0 Å². The molecule has 0 radical (unpaired) electrons. The van der Waals surface area contributed by atoms with E-state index in [-0.39, 0.29) is 23.4 Å². The van der Waals surface area contributed by atoms with Crippen LogP contribution >= 0.6 is 0 Å². The van der Waals surface area contributed by atoms with Crippen molar-refractivity contribution in [2.75, 3.05) is 13.1 Å². The number of piperidine rings is 1. The van der Waals surface area contributed by atoms with Gasteiger partial charge in [-0.2, -0.15) is 0 Å². The van der Waals surface area contributed by atoms with Crippen LogP contribution in [-0.2, 0) is 16.1 Å². The van der Waals surface area contributed by atoms with E-state index in [2.05, 4.69) is 14.8 Å². The Morgan fingerprint density at radius 1 is 1.12 bits per heavy atom. The van der Waals surface area contributed by atoms with Crippen LogP contribution in [0.2, 0.25) is 0 Å². The molecule has 6 nitrogen and oxygen atoms in total. The standard InChI is InChI=1S/C20H27N3O3/c24-17-2-7-19(23(17)15-16-3-10-21-11-4-16)8-12-22(13-9-19)20(5-1-6-20)14-18(25)26/h3-4,10-11H,1-2,5-9,12-15H2,(H,25,26). The van der Waals surface area contributed by atoms with Gasteiger partial charge in [-0.15, -0.1) is 0 Å². The topological polar surface area (TPSA) is 73.7 Å². The monoisotopic (exact) mass is 357 g/mol. The van der Waals surface area contributed by atoms with Gasteiger partial charge in [0.25, 0.3) is 0 Å². The number of hydrogen-bond donors (Lipinski definition) is 1. The van der Waals surface area contributed by atoms with Crippen molar-refractivity contribution in [2.24, 2.45) is 0 Å². The highest BCUT2D eigenvalue weighted by molar-refractivity contribution is 5.79. The molecule has 3 aliphatic rings. The van der Waals surface area contributed by atoms with E-state index in [0.29, 0.717) is 13.0 Å². The maximum Gasteiger partial charge on any atom is 0.305 e. The largest absolute Gasteiger partial charge is 0.481 e. The zero-order valence-corrected chi connectivity index (χ0v) is 15.2. The summed E-state index contributed by atoms with van der Waals surface area (Å²) in [6.07, 6.45) is 10.4. The third-order valence-corrected chi connectivity index (χ3v) is 6.90. The molecule has 1 N–H and O–H groups in total. The summed E-state index contributed by atoms with van der Waals surface area (Å²) in [5.74, 6) is -0.445. The molecule has 1 aromatic rings. The molecule has 0 bridgehead atoms. The minimum atomic E-state index is -0.694. The third-order valence-electron chi connectivity index (χ3n) is 6.90. The summed E-state index contributed by atoms with van der Waals surface area (Å²) in [6, 6.07) is 3.95. The molecule has 1 spiro atoms. The van der Waals surface area contributed by atoms with E-state index in [1.54, 1.807) is 12.4 Å². The molecule has 6 heteroatoms. The van der Waals surface area contributed by atoms with E-state index in [1.165, 1.54) is 0 Å². The fraction of sp³-hybridized carbons (Fsp3) is 0.650. The van der Waals surface area contributed by atoms with Gasteiger partial charge >= 0.3 is 5.97 Å². The number of aromatic nitrogens is 1. The highest BCUT2D eigenvalue weighted by atomic mass is 16.4. The summed E-state index contributed by atoms with van der Waals surface area (Å²) < 4.78 is 0. The summed E-state index contributed by atoms with van der Waals surface area (Å²) in [6.45, 7) is 2.45. The number of nitrogens with zero attached hydrogens (tertiary/aromatic N) is 3. The van der Waals surface area contributed by atoms with Crippen LogP contribution in [0.1, 0.15) is 56.9 Å².